The zero-order chi connectivity index (χ0) is 19.8. The van der Waals surface area contributed by atoms with E-state index in [0.29, 0.717) is 44.4 Å². The van der Waals surface area contributed by atoms with Crippen molar-refractivity contribution in [2.75, 3.05) is 76.1 Å². The molecule has 154 valence electrons. The van der Waals surface area contributed by atoms with Crippen molar-refractivity contribution >= 4 is 29.3 Å². The van der Waals surface area contributed by atoms with Crippen LogP contribution in [0.15, 0.2) is 24.3 Å². The van der Waals surface area contributed by atoms with Crippen molar-refractivity contribution in [1.82, 2.24) is 9.80 Å². The van der Waals surface area contributed by atoms with Crippen LogP contribution in [-0.4, -0.2) is 92.8 Å². The standard InChI is InChI=1S/C20H29N3O4S/c1-21(19(24)15-28-16-20(25)23-8-12-27-13-9-23)14-17-2-4-18(5-3-17)22-6-10-26-11-7-22/h2-5H,6-16H2,1H3. The molecule has 0 saturated carbocycles. The number of anilines is 1. The van der Waals surface area contributed by atoms with Crippen LogP contribution >= 0.6 is 11.8 Å². The lowest BCUT2D eigenvalue weighted by molar-refractivity contribution is -0.132. The van der Waals surface area contributed by atoms with Crippen LogP contribution in [-0.2, 0) is 25.6 Å². The van der Waals surface area contributed by atoms with E-state index in [4.69, 9.17) is 9.47 Å². The van der Waals surface area contributed by atoms with Crippen molar-refractivity contribution in [2.24, 2.45) is 0 Å². The van der Waals surface area contributed by atoms with E-state index in [9.17, 15) is 9.59 Å². The fourth-order valence-corrected chi connectivity index (χ4v) is 4.09. The monoisotopic (exact) mass is 407 g/mol. The summed E-state index contributed by atoms with van der Waals surface area (Å²) in [5.74, 6) is 0.784. The highest BCUT2D eigenvalue weighted by atomic mass is 32.2. The topological polar surface area (TPSA) is 62.3 Å². The number of nitrogens with zero attached hydrogens (tertiary/aromatic N) is 3. The average molecular weight is 408 g/mol. The zero-order valence-corrected chi connectivity index (χ0v) is 17.3. The van der Waals surface area contributed by atoms with Crippen LogP contribution in [0.5, 0.6) is 0 Å². The first-order valence-corrected chi connectivity index (χ1v) is 10.9. The van der Waals surface area contributed by atoms with Crippen molar-refractivity contribution in [2.45, 2.75) is 6.54 Å². The smallest absolute Gasteiger partial charge is 0.232 e. The van der Waals surface area contributed by atoms with E-state index < -0.39 is 0 Å². The van der Waals surface area contributed by atoms with Gasteiger partial charge in [-0.2, -0.15) is 0 Å². The fourth-order valence-electron chi connectivity index (χ4n) is 3.24. The Labute approximate surface area is 170 Å². The molecule has 3 rings (SSSR count). The molecule has 2 aliphatic rings. The first kappa shape index (κ1) is 21.0. The van der Waals surface area contributed by atoms with Crippen LogP contribution in [0.25, 0.3) is 0 Å². The maximum Gasteiger partial charge on any atom is 0.232 e. The number of carbonyl (C=O) groups is 2. The highest BCUT2D eigenvalue weighted by Gasteiger charge is 2.18. The highest BCUT2D eigenvalue weighted by molar-refractivity contribution is 8.00. The van der Waals surface area contributed by atoms with Gasteiger partial charge in [0.05, 0.1) is 37.9 Å². The van der Waals surface area contributed by atoms with E-state index in [-0.39, 0.29) is 11.8 Å². The largest absolute Gasteiger partial charge is 0.378 e. The number of ether oxygens (including phenoxy) is 2. The van der Waals surface area contributed by atoms with Gasteiger partial charge in [-0.3, -0.25) is 9.59 Å². The van der Waals surface area contributed by atoms with Crippen LogP contribution in [0.1, 0.15) is 5.56 Å². The van der Waals surface area contributed by atoms with Crippen molar-refractivity contribution in [3.05, 3.63) is 29.8 Å². The van der Waals surface area contributed by atoms with Gasteiger partial charge in [-0.1, -0.05) is 12.1 Å². The minimum Gasteiger partial charge on any atom is -0.378 e. The Morgan fingerprint density at radius 2 is 1.57 bits per heavy atom. The Balaban J connectivity index is 1.39. The first-order valence-electron chi connectivity index (χ1n) is 9.72. The highest BCUT2D eigenvalue weighted by Crippen LogP contribution is 2.17. The van der Waals surface area contributed by atoms with Crippen LogP contribution < -0.4 is 4.90 Å². The van der Waals surface area contributed by atoms with Crippen LogP contribution in [0.2, 0.25) is 0 Å². The molecule has 0 N–H and O–H groups in total. The molecule has 2 saturated heterocycles. The number of benzene rings is 1. The third-order valence-electron chi connectivity index (χ3n) is 4.97. The summed E-state index contributed by atoms with van der Waals surface area (Å²) in [6, 6.07) is 8.36. The second kappa shape index (κ2) is 10.7. The lowest BCUT2D eigenvalue weighted by Crippen LogP contribution is -2.41. The molecule has 2 fully saturated rings. The van der Waals surface area contributed by atoms with E-state index in [1.54, 1.807) is 9.80 Å². The van der Waals surface area contributed by atoms with Gasteiger partial charge in [0.25, 0.3) is 0 Å². The molecule has 28 heavy (non-hydrogen) atoms. The minimum absolute atomic E-state index is 0.0389. The van der Waals surface area contributed by atoms with Crippen LogP contribution in [0, 0.1) is 0 Å². The summed E-state index contributed by atoms with van der Waals surface area (Å²) >= 11 is 1.38. The van der Waals surface area contributed by atoms with Crippen molar-refractivity contribution < 1.29 is 19.1 Å². The van der Waals surface area contributed by atoms with Crippen LogP contribution in [0.4, 0.5) is 5.69 Å². The average Bonchev–Trinajstić information content (AvgIpc) is 2.75. The summed E-state index contributed by atoms with van der Waals surface area (Å²) in [4.78, 5) is 30.3. The molecule has 8 heteroatoms. The Kier molecular flexibility index (Phi) is 8.00. The molecule has 2 heterocycles. The molecular formula is C20H29N3O4S. The molecule has 0 unspecified atom stereocenters. The summed E-state index contributed by atoms with van der Waals surface area (Å²) in [6.45, 7) is 6.43. The van der Waals surface area contributed by atoms with Gasteiger partial charge in [-0.05, 0) is 17.7 Å². The number of hydrogen-bond acceptors (Lipinski definition) is 6. The van der Waals surface area contributed by atoms with E-state index in [1.165, 1.54) is 17.4 Å². The molecule has 0 atom stereocenters. The molecule has 0 aliphatic carbocycles. The summed E-state index contributed by atoms with van der Waals surface area (Å²) < 4.78 is 10.6. The van der Waals surface area contributed by atoms with Crippen molar-refractivity contribution in [3.8, 4) is 0 Å². The molecule has 1 aromatic rings. The minimum atomic E-state index is 0.0389. The summed E-state index contributed by atoms with van der Waals surface area (Å²) in [5, 5.41) is 0. The van der Waals surface area contributed by atoms with Gasteiger partial charge in [-0.25, -0.2) is 0 Å². The Morgan fingerprint density at radius 1 is 0.964 bits per heavy atom. The summed E-state index contributed by atoms with van der Waals surface area (Å²) in [6.07, 6.45) is 0. The van der Waals surface area contributed by atoms with Gasteiger partial charge in [0.1, 0.15) is 0 Å². The van der Waals surface area contributed by atoms with E-state index >= 15 is 0 Å². The molecule has 0 bridgehead atoms. The number of hydrogen-bond donors (Lipinski definition) is 0. The van der Waals surface area contributed by atoms with Crippen molar-refractivity contribution in [3.63, 3.8) is 0 Å². The van der Waals surface area contributed by atoms with Gasteiger partial charge >= 0.3 is 0 Å². The van der Waals surface area contributed by atoms with Gasteiger partial charge in [0, 0.05) is 45.5 Å². The third-order valence-corrected chi connectivity index (χ3v) is 5.88. The summed E-state index contributed by atoms with van der Waals surface area (Å²) in [5.41, 5.74) is 2.29. The molecule has 2 amide bonds. The zero-order valence-electron chi connectivity index (χ0n) is 16.5. The van der Waals surface area contributed by atoms with Crippen molar-refractivity contribution in [1.29, 1.82) is 0 Å². The predicted molar refractivity (Wildman–Crippen MR) is 111 cm³/mol. The predicted octanol–water partition coefficient (Wildman–Crippen LogP) is 1.07. The van der Waals surface area contributed by atoms with E-state index in [2.05, 4.69) is 29.2 Å². The molecule has 1 aromatic carbocycles. The molecule has 0 aromatic heterocycles. The lowest BCUT2D eigenvalue weighted by Gasteiger charge is -2.29. The normalized spacial score (nSPS) is 17.5. The van der Waals surface area contributed by atoms with E-state index in [0.717, 1.165) is 31.9 Å². The Bertz CT molecular complexity index is 643. The Hall–Kier alpha value is -1.77. The summed E-state index contributed by atoms with van der Waals surface area (Å²) in [7, 11) is 1.81. The second-order valence-corrected chi connectivity index (χ2v) is 7.99. The van der Waals surface area contributed by atoms with Gasteiger partial charge in [0.2, 0.25) is 11.8 Å². The lowest BCUT2D eigenvalue weighted by atomic mass is 10.2. The molecule has 0 spiro atoms. The fraction of sp³-hybridized carbons (Fsp3) is 0.600. The molecule has 2 aliphatic heterocycles. The number of morpholine rings is 2. The van der Waals surface area contributed by atoms with Crippen LogP contribution in [0.3, 0.4) is 0 Å². The maximum absolute atomic E-state index is 12.4. The van der Waals surface area contributed by atoms with Gasteiger partial charge in [-0.15, -0.1) is 11.8 Å². The van der Waals surface area contributed by atoms with Gasteiger partial charge < -0.3 is 24.2 Å². The number of thioether (sulfide) groups is 1. The third kappa shape index (κ3) is 6.12. The molecular weight excluding hydrogens is 378 g/mol. The van der Waals surface area contributed by atoms with Gasteiger partial charge in [0.15, 0.2) is 0 Å². The SMILES string of the molecule is CN(Cc1ccc(N2CCOCC2)cc1)C(=O)CSCC(=O)N1CCOCC1. The number of rotatable bonds is 7. The first-order chi connectivity index (χ1) is 13.6. The number of amides is 2. The second-order valence-electron chi connectivity index (χ2n) is 7.00. The quantitative estimate of drug-likeness (QED) is 0.674. The molecule has 0 radical (unpaired) electrons. The molecule has 7 nitrogen and oxygen atoms in total. The maximum atomic E-state index is 12.4. The number of carbonyl (C=O) groups excluding carboxylic acids is 2. The Morgan fingerprint density at radius 3 is 2.21 bits per heavy atom. The van der Waals surface area contributed by atoms with E-state index in [1.807, 2.05) is 7.05 Å².